The van der Waals surface area contributed by atoms with Crippen molar-refractivity contribution in [2.24, 2.45) is 0 Å². The van der Waals surface area contributed by atoms with Crippen LogP contribution in [0.2, 0.25) is 0 Å². The van der Waals surface area contributed by atoms with Crippen molar-refractivity contribution in [1.29, 1.82) is 0 Å². The van der Waals surface area contributed by atoms with Gasteiger partial charge in [-0.3, -0.25) is 0 Å². The first-order valence-corrected chi connectivity index (χ1v) is 13.1. The van der Waals surface area contributed by atoms with Gasteiger partial charge in [-0.1, -0.05) is 79.3 Å². The molecule has 191 valence electrons. The average molecular weight is 697 g/mol. The van der Waals surface area contributed by atoms with E-state index in [1.54, 1.807) is 12.1 Å². The molecule has 0 unspecified atom stereocenters. The Bertz CT molecular complexity index is 2060. The zero-order valence-corrected chi connectivity index (χ0v) is 23.9. The van der Waals surface area contributed by atoms with Crippen molar-refractivity contribution >= 4 is 31.5 Å². The summed E-state index contributed by atoms with van der Waals surface area (Å²) in [5.74, 6) is 0.765. The molecule has 0 aliphatic heterocycles. The number of nitrogens with zero attached hydrogens (tertiary/aromatic N) is 2. The molecular weight excluding hydrogens is 661 g/mol. The Kier molecular flexibility index (Phi) is 5.80. The molecule has 1 radical (unpaired) electrons. The Balaban J connectivity index is 0.000000191. The van der Waals surface area contributed by atoms with Crippen LogP contribution in [0.25, 0.3) is 42.7 Å². The molecule has 3 heterocycles. The zero-order valence-electron chi connectivity index (χ0n) is 28.7. The van der Waals surface area contributed by atoms with E-state index in [-0.39, 0.29) is 56.0 Å². The van der Waals surface area contributed by atoms with E-state index >= 15 is 0 Å². The normalized spacial score (nSPS) is 16.1. The van der Waals surface area contributed by atoms with Crippen molar-refractivity contribution in [3.05, 3.63) is 120 Å². The number of hydrogen-bond acceptors (Lipinski definition) is 3. The minimum absolute atomic E-state index is 0. The van der Waals surface area contributed by atoms with Gasteiger partial charge in [-0.2, -0.15) is 11.3 Å². The molecule has 0 amide bonds. The second-order valence-electron chi connectivity index (χ2n) is 9.09. The van der Waals surface area contributed by atoms with Crippen LogP contribution in [0.5, 0.6) is 0 Å². The van der Waals surface area contributed by atoms with E-state index in [1.807, 2.05) is 6.20 Å². The van der Waals surface area contributed by atoms with Crippen LogP contribution in [0.1, 0.15) is 53.7 Å². The number of rotatable bonds is 3. The van der Waals surface area contributed by atoms with Crippen molar-refractivity contribution in [2.75, 3.05) is 0 Å². The minimum Gasteiger partial charge on any atom is -0.305 e. The summed E-state index contributed by atoms with van der Waals surface area (Å²) in [6.07, 6.45) is 6.94. The summed E-state index contributed by atoms with van der Waals surface area (Å²) in [6.45, 7) is 2.06. The maximum absolute atomic E-state index is 8.21. The molecular formula is C34H28IrN2S-2. The number of aromatic nitrogens is 2. The van der Waals surface area contributed by atoms with Crippen molar-refractivity contribution in [3.63, 3.8) is 0 Å². The van der Waals surface area contributed by atoms with Crippen LogP contribution in [-0.2, 0) is 20.1 Å². The van der Waals surface area contributed by atoms with Crippen LogP contribution in [-0.4, -0.2) is 9.97 Å². The van der Waals surface area contributed by atoms with Gasteiger partial charge in [0.15, 0.2) is 0 Å². The van der Waals surface area contributed by atoms with Crippen LogP contribution >= 0.6 is 11.3 Å². The van der Waals surface area contributed by atoms with Gasteiger partial charge in [0.1, 0.15) is 0 Å². The molecule has 4 heteroatoms. The molecule has 6 aromatic rings. The minimum atomic E-state index is -0.424. The van der Waals surface area contributed by atoms with Crippen molar-refractivity contribution < 1.29 is 31.1 Å². The predicted molar refractivity (Wildman–Crippen MR) is 156 cm³/mol. The Labute approximate surface area is 253 Å². The van der Waals surface area contributed by atoms with Crippen LogP contribution in [0.3, 0.4) is 0 Å². The van der Waals surface area contributed by atoms with Crippen LogP contribution in [0, 0.1) is 19.1 Å². The van der Waals surface area contributed by atoms with E-state index in [4.69, 9.17) is 11.0 Å². The third-order valence-corrected chi connectivity index (χ3v) is 7.77. The molecule has 38 heavy (non-hydrogen) atoms. The van der Waals surface area contributed by atoms with Gasteiger partial charge in [-0.05, 0) is 46.0 Å². The molecule has 0 N–H and O–H groups in total. The second kappa shape index (κ2) is 12.1. The molecule has 0 atom stereocenters. The number of benzene rings is 3. The number of thiophene rings is 1. The van der Waals surface area contributed by atoms with Crippen molar-refractivity contribution in [3.8, 4) is 22.5 Å². The molecule has 1 fully saturated rings. The molecule has 3 aromatic carbocycles. The molecule has 2 nitrogen and oxygen atoms in total. The average Bonchev–Trinajstić information content (AvgIpc) is 3.73. The SMILES string of the molecule is Cc1ccc(-c2[c-]cc(C3CCCC3)cc2)nc1.[2H]c1nc(-c2[c-]ccc3c2sc2c([2H])c([2H])c([2H])c([2H])c23)c([2H])c([2H])c1[2H].[Ir]. The molecule has 7 rings (SSSR count). The first kappa shape index (κ1) is 18.2. The molecule has 3 aromatic heterocycles. The van der Waals surface area contributed by atoms with Gasteiger partial charge in [0, 0.05) is 37.2 Å². The third kappa shape index (κ3) is 5.63. The standard InChI is InChI=1S/C17H10NS.C17H18N.Ir/c1-2-10-16-12(6-1)13-7-5-8-14(17(13)19-16)15-9-3-4-11-18-15;1-13-6-11-17(18-12-13)16-9-7-15(8-10-16)14-4-2-3-5-14;/h1-7,9-11H;6-9,11-12,14H,2-5H2,1H3;/q2*-1;/i1D,2D,3D,4D,6D,9D,10D,11D;;. The van der Waals surface area contributed by atoms with E-state index in [2.05, 4.69) is 59.4 Å². The Morgan fingerprint density at radius 2 is 1.71 bits per heavy atom. The largest absolute Gasteiger partial charge is 0.305 e. The smallest absolute Gasteiger partial charge is 0.0830 e. The van der Waals surface area contributed by atoms with E-state index in [0.717, 1.165) is 28.5 Å². The van der Waals surface area contributed by atoms with Gasteiger partial charge < -0.3 is 9.97 Å². The summed E-state index contributed by atoms with van der Waals surface area (Å²) in [6, 6.07) is 18.3. The van der Waals surface area contributed by atoms with Crippen molar-refractivity contribution in [2.45, 2.75) is 38.5 Å². The summed E-state index contributed by atoms with van der Waals surface area (Å²) in [5.41, 5.74) is 5.13. The monoisotopic (exact) mass is 697 g/mol. The first-order chi connectivity index (χ1) is 21.6. The topological polar surface area (TPSA) is 25.8 Å². The van der Waals surface area contributed by atoms with Gasteiger partial charge in [-0.15, -0.1) is 59.2 Å². The van der Waals surface area contributed by atoms with Crippen molar-refractivity contribution in [1.82, 2.24) is 9.97 Å². The maximum atomic E-state index is 8.21. The fourth-order valence-electron chi connectivity index (χ4n) is 4.72. The summed E-state index contributed by atoms with van der Waals surface area (Å²) in [7, 11) is 0. The summed E-state index contributed by atoms with van der Waals surface area (Å²) < 4.78 is 64.5. The van der Waals surface area contributed by atoms with Gasteiger partial charge in [0.05, 0.1) is 11.0 Å². The number of hydrogen-bond donors (Lipinski definition) is 0. The predicted octanol–water partition coefficient (Wildman–Crippen LogP) is 9.43. The molecule has 0 bridgehead atoms. The third-order valence-electron chi connectivity index (χ3n) is 6.63. The second-order valence-corrected chi connectivity index (χ2v) is 10.1. The number of pyridine rings is 2. The molecule has 1 aliphatic rings. The molecule has 1 saturated carbocycles. The van der Waals surface area contributed by atoms with Crippen LogP contribution in [0.15, 0.2) is 97.1 Å². The summed E-state index contributed by atoms with van der Waals surface area (Å²) in [5, 5.41) is 0.960. The Morgan fingerprint density at radius 3 is 2.50 bits per heavy atom. The first-order valence-electron chi connectivity index (χ1n) is 16.3. The van der Waals surface area contributed by atoms with Crippen LogP contribution in [0.4, 0.5) is 0 Å². The maximum Gasteiger partial charge on any atom is 0.0830 e. The van der Waals surface area contributed by atoms with E-state index in [0.29, 0.717) is 25.7 Å². The van der Waals surface area contributed by atoms with Gasteiger partial charge in [0.2, 0.25) is 0 Å². The van der Waals surface area contributed by atoms with E-state index in [1.165, 1.54) is 36.8 Å². The Hall–Kier alpha value is -3.17. The molecule has 1 aliphatic carbocycles. The fourth-order valence-corrected chi connectivity index (χ4v) is 5.82. The molecule has 0 spiro atoms. The zero-order chi connectivity index (χ0) is 32.0. The van der Waals surface area contributed by atoms with E-state index < -0.39 is 18.3 Å². The quantitative estimate of drug-likeness (QED) is 0.172. The summed E-state index contributed by atoms with van der Waals surface area (Å²) >= 11 is 1.14. The van der Waals surface area contributed by atoms with Gasteiger partial charge in [-0.25, -0.2) is 0 Å². The summed E-state index contributed by atoms with van der Waals surface area (Å²) in [4.78, 5) is 8.43. The fraction of sp³-hybridized carbons (Fsp3) is 0.176. The number of fused-ring (bicyclic) bond motifs is 3. The molecule has 0 saturated heterocycles. The number of aryl methyl sites for hydroxylation is 1. The van der Waals surface area contributed by atoms with Gasteiger partial charge >= 0.3 is 0 Å². The van der Waals surface area contributed by atoms with E-state index in [9.17, 15) is 0 Å². The van der Waals surface area contributed by atoms with Gasteiger partial charge in [0.25, 0.3) is 0 Å². The Morgan fingerprint density at radius 1 is 0.868 bits per heavy atom. The van der Waals surface area contributed by atoms with Crippen LogP contribution < -0.4 is 0 Å².